The van der Waals surface area contributed by atoms with Crippen molar-refractivity contribution in [3.8, 4) is 0 Å². The van der Waals surface area contributed by atoms with E-state index in [0.29, 0.717) is 18.0 Å². The van der Waals surface area contributed by atoms with Crippen LogP contribution in [0.2, 0.25) is 0 Å². The molecular formula is C15H21N3O3. The maximum absolute atomic E-state index is 12.0. The Morgan fingerprint density at radius 2 is 1.86 bits per heavy atom. The molecule has 1 aliphatic heterocycles. The third kappa shape index (κ3) is 3.87. The number of ether oxygens (including phenoxy) is 1. The number of amides is 3. The topological polar surface area (TPSA) is 61.9 Å². The maximum atomic E-state index is 12.0. The van der Waals surface area contributed by atoms with Crippen molar-refractivity contribution in [2.75, 3.05) is 37.0 Å². The van der Waals surface area contributed by atoms with E-state index in [1.54, 1.807) is 43.1 Å². The molecule has 2 rings (SSSR count). The minimum absolute atomic E-state index is 0.0704. The fourth-order valence-corrected chi connectivity index (χ4v) is 2.22. The molecule has 114 valence electrons. The van der Waals surface area contributed by atoms with Crippen LogP contribution in [0.15, 0.2) is 24.3 Å². The number of likely N-dealkylation sites (tertiary alicyclic amines) is 1. The normalized spacial score (nSPS) is 13.9. The van der Waals surface area contributed by atoms with Crippen molar-refractivity contribution < 1.29 is 14.3 Å². The molecule has 1 fully saturated rings. The molecule has 0 saturated carbocycles. The van der Waals surface area contributed by atoms with Gasteiger partial charge in [-0.05, 0) is 44.0 Å². The average Bonchev–Trinajstić information content (AvgIpc) is 3.02. The molecule has 1 heterocycles. The highest BCUT2D eigenvalue weighted by Crippen LogP contribution is 2.18. The number of benzene rings is 1. The van der Waals surface area contributed by atoms with Gasteiger partial charge in [0.15, 0.2) is 0 Å². The van der Waals surface area contributed by atoms with Gasteiger partial charge in [0.25, 0.3) is 0 Å². The van der Waals surface area contributed by atoms with Crippen LogP contribution in [-0.2, 0) is 4.74 Å². The van der Waals surface area contributed by atoms with Crippen LogP contribution in [0.1, 0.15) is 19.8 Å². The molecule has 1 aromatic rings. The predicted octanol–water partition coefficient (Wildman–Crippen LogP) is 2.91. The van der Waals surface area contributed by atoms with Crippen molar-refractivity contribution in [1.82, 2.24) is 4.90 Å². The molecule has 0 aromatic heterocycles. The first-order valence-corrected chi connectivity index (χ1v) is 7.18. The minimum Gasteiger partial charge on any atom is -0.449 e. The van der Waals surface area contributed by atoms with E-state index in [9.17, 15) is 9.59 Å². The minimum atomic E-state index is -0.397. The van der Waals surface area contributed by atoms with Crippen LogP contribution in [0.25, 0.3) is 0 Å². The number of urea groups is 1. The third-order valence-electron chi connectivity index (χ3n) is 3.44. The molecule has 1 aromatic carbocycles. The number of carbonyl (C=O) groups is 2. The number of nitrogens with one attached hydrogen (secondary N) is 1. The van der Waals surface area contributed by atoms with Crippen LogP contribution >= 0.6 is 0 Å². The lowest BCUT2D eigenvalue weighted by atomic mass is 10.2. The molecule has 1 N–H and O–H groups in total. The zero-order chi connectivity index (χ0) is 15.2. The Hall–Kier alpha value is -2.24. The van der Waals surface area contributed by atoms with Crippen molar-refractivity contribution in [1.29, 1.82) is 0 Å². The highest BCUT2D eigenvalue weighted by atomic mass is 16.6. The molecular weight excluding hydrogens is 270 g/mol. The number of hydrogen-bond donors (Lipinski definition) is 1. The molecule has 21 heavy (non-hydrogen) atoms. The zero-order valence-electron chi connectivity index (χ0n) is 12.5. The van der Waals surface area contributed by atoms with Gasteiger partial charge in [0.05, 0.1) is 6.61 Å². The molecule has 0 aliphatic carbocycles. The lowest BCUT2D eigenvalue weighted by Crippen LogP contribution is -2.32. The van der Waals surface area contributed by atoms with Crippen molar-refractivity contribution in [3.05, 3.63) is 24.3 Å². The van der Waals surface area contributed by atoms with E-state index >= 15 is 0 Å². The van der Waals surface area contributed by atoms with Crippen molar-refractivity contribution in [3.63, 3.8) is 0 Å². The largest absolute Gasteiger partial charge is 0.449 e. The Kier molecular flexibility index (Phi) is 5.03. The number of nitrogens with zero attached hydrogens (tertiary/aromatic N) is 2. The van der Waals surface area contributed by atoms with Crippen LogP contribution in [0.4, 0.5) is 21.0 Å². The summed E-state index contributed by atoms with van der Waals surface area (Å²) in [4.78, 5) is 26.8. The summed E-state index contributed by atoms with van der Waals surface area (Å²) in [5, 5.41) is 2.86. The predicted molar refractivity (Wildman–Crippen MR) is 81.7 cm³/mol. The van der Waals surface area contributed by atoms with E-state index < -0.39 is 6.09 Å². The summed E-state index contributed by atoms with van der Waals surface area (Å²) in [6, 6.07) is 7.03. The fourth-order valence-electron chi connectivity index (χ4n) is 2.22. The van der Waals surface area contributed by atoms with Crippen LogP contribution in [0.5, 0.6) is 0 Å². The lowest BCUT2D eigenvalue weighted by Gasteiger charge is -2.18. The highest BCUT2D eigenvalue weighted by Gasteiger charge is 2.18. The molecule has 6 nitrogen and oxygen atoms in total. The van der Waals surface area contributed by atoms with Crippen molar-refractivity contribution >= 4 is 23.5 Å². The maximum Gasteiger partial charge on any atom is 0.413 e. The van der Waals surface area contributed by atoms with E-state index in [1.807, 2.05) is 0 Å². The first-order valence-electron chi connectivity index (χ1n) is 7.18. The number of hydrogen-bond acceptors (Lipinski definition) is 3. The monoisotopic (exact) mass is 291 g/mol. The van der Waals surface area contributed by atoms with E-state index in [0.717, 1.165) is 25.9 Å². The van der Waals surface area contributed by atoms with Gasteiger partial charge >= 0.3 is 12.1 Å². The molecule has 6 heteroatoms. The van der Waals surface area contributed by atoms with E-state index in [1.165, 1.54) is 4.90 Å². The number of anilines is 2. The van der Waals surface area contributed by atoms with Crippen LogP contribution in [0, 0.1) is 0 Å². The lowest BCUT2D eigenvalue weighted by molar-refractivity contribution is 0.161. The molecule has 1 saturated heterocycles. The van der Waals surface area contributed by atoms with Gasteiger partial charge < -0.3 is 15.0 Å². The summed E-state index contributed by atoms with van der Waals surface area (Å²) in [7, 11) is 1.65. The Labute approximate surface area is 124 Å². The third-order valence-corrected chi connectivity index (χ3v) is 3.44. The molecule has 0 atom stereocenters. The van der Waals surface area contributed by atoms with Gasteiger partial charge in [-0.15, -0.1) is 0 Å². The molecule has 1 aliphatic rings. The molecule has 3 amide bonds. The first-order chi connectivity index (χ1) is 10.1. The van der Waals surface area contributed by atoms with E-state index in [2.05, 4.69) is 5.32 Å². The number of rotatable bonds is 3. The van der Waals surface area contributed by atoms with Gasteiger partial charge in [-0.2, -0.15) is 0 Å². The van der Waals surface area contributed by atoms with Crippen LogP contribution in [-0.4, -0.2) is 43.8 Å². The Morgan fingerprint density at radius 1 is 1.24 bits per heavy atom. The first kappa shape index (κ1) is 15.2. The average molecular weight is 291 g/mol. The summed E-state index contributed by atoms with van der Waals surface area (Å²) >= 11 is 0. The van der Waals surface area contributed by atoms with Gasteiger partial charge in [-0.1, -0.05) is 0 Å². The number of carbonyl (C=O) groups excluding carboxylic acids is 2. The van der Waals surface area contributed by atoms with Crippen molar-refractivity contribution in [2.45, 2.75) is 19.8 Å². The molecule has 0 bridgehead atoms. The zero-order valence-corrected chi connectivity index (χ0v) is 12.5. The van der Waals surface area contributed by atoms with Gasteiger partial charge in [-0.25, -0.2) is 9.59 Å². The fraction of sp³-hybridized carbons (Fsp3) is 0.467. The molecule has 0 unspecified atom stereocenters. The second kappa shape index (κ2) is 6.97. The summed E-state index contributed by atoms with van der Waals surface area (Å²) in [5.41, 5.74) is 1.43. The summed E-state index contributed by atoms with van der Waals surface area (Å²) in [5.74, 6) is 0. The summed E-state index contributed by atoms with van der Waals surface area (Å²) in [6.07, 6.45) is 1.74. The second-order valence-corrected chi connectivity index (χ2v) is 4.93. The van der Waals surface area contributed by atoms with Gasteiger partial charge in [-0.3, -0.25) is 4.90 Å². The van der Waals surface area contributed by atoms with Gasteiger partial charge in [0.1, 0.15) is 0 Å². The Balaban J connectivity index is 1.95. The van der Waals surface area contributed by atoms with E-state index in [-0.39, 0.29) is 6.03 Å². The van der Waals surface area contributed by atoms with Crippen molar-refractivity contribution in [2.24, 2.45) is 0 Å². The van der Waals surface area contributed by atoms with E-state index in [4.69, 9.17) is 4.74 Å². The Morgan fingerprint density at radius 3 is 2.43 bits per heavy atom. The summed E-state index contributed by atoms with van der Waals surface area (Å²) in [6.45, 7) is 3.74. The second-order valence-electron chi connectivity index (χ2n) is 4.93. The molecule has 0 radical (unpaired) electrons. The van der Waals surface area contributed by atoms with Gasteiger partial charge in [0.2, 0.25) is 0 Å². The van der Waals surface area contributed by atoms with Crippen LogP contribution < -0.4 is 10.2 Å². The standard InChI is InChI=1S/C15H21N3O3/c1-3-21-15(20)17(2)13-8-6-12(7-9-13)16-14(19)18-10-4-5-11-18/h6-9H,3-5,10-11H2,1-2H3,(H,16,19). The summed E-state index contributed by atoms with van der Waals surface area (Å²) < 4.78 is 4.93. The Bertz CT molecular complexity index is 495. The SMILES string of the molecule is CCOC(=O)N(C)c1ccc(NC(=O)N2CCCC2)cc1. The quantitative estimate of drug-likeness (QED) is 0.931. The smallest absolute Gasteiger partial charge is 0.413 e. The highest BCUT2D eigenvalue weighted by molar-refractivity contribution is 5.91. The van der Waals surface area contributed by atoms with Crippen LogP contribution in [0.3, 0.4) is 0 Å². The van der Waals surface area contributed by atoms with Gasteiger partial charge in [0, 0.05) is 31.5 Å². The molecule has 0 spiro atoms.